The van der Waals surface area contributed by atoms with Crippen molar-refractivity contribution < 1.29 is 9.59 Å². The van der Waals surface area contributed by atoms with Crippen LogP contribution >= 0.6 is 0 Å². The van der Waals surface area contributed by atoms with Gasteiger partial charge in [0.25, 0.3) is 0 Å². The third-order valence-corrected chi connectivity index (χ3v) is 5.25. The van der Waals surface area contributed by atoms with Crippen LogP contribution in [0.1, 0.15) is 37.7 Å². The molecule has 1 aromatic rings. The maximum atomic E-state index is 12.5. The summed E-state index contributed by atoms with van der Waals surface area (Å²) >= 11 is 0. The van der Waals surface area contributed by atoms with Gasteiger partial charge in [0.05, 0.1) is 6.04 Å². The molecule has 3 rings (SSSR count). The molecule has 0 spiro atoms. The molecule has 25 heavy (non-hydrogen) atoms. The molecule has 2 amide bonds. The lowest BCUT2D eigenvalue weighted by atomic mass is 10.0. The number of aryl methyl sites for hydroxylation is 1. The van der Waals surface area contributed by atoms with Crippen molar-refractivity contribution in [3.05, 3.63) is 35.9 Å². The Morgan fingerprint density at radius 3 is 2.40 bits per heavy atom. The quantitative estimate of drug-likeness (QED) is 0.887. The standard InChI is InChI=1S/C20H29N3O2/c24-19(11-6-9-17-7-2-1-3-8-17)22-13-15-23(16-14-22)20(25)18-10-4-5-12-21-18/h1-3,7-8,18,21H,4-6,9-16H2. The topological polar surface area (TPSA) is 52.7 Å². The van der Waals surface area contributed by atoms with Crippen LogP contribution in [-0.2, 0) is 16.0 Å². The van der Waals surface area contributed by atoms with Crippen LogP contribution in [0.15, 0.2) is 30.3 Å². The van der Waals surface area contributed by atoms with Crippen molar-refractivity contribution in [2.75, 3.05) is 32.7 Å². The van der Waals surface area contributed by atoms with E-state index in [0.29, 0.717) is 32.6 Å². The molecule has 2 aliphatic rings. The van der Waals surface area contributed by atoms with Gasteiger partial charge in [0.15, 0.2) is 0 Å². The molecule has 1 atom stereocenters. The number of nitrogens with one attached hydrogen (secondary N) is 1. The van der Waals surface area contributed by atoms with Crippen LogP contribution in [0, 0.1) is 0 Å². The molecule has 1 unspecified atom stereocenters. The molecule has 136 valence electrons. The number of amides is 2. The number of rotatable bonds is 5. The van der Waals surface area contributed by atoms with E-state index in [4.69, 9.17) is 0 Å². The van der Waals surface area contributed by atoms with Crippen molar-refractivity contribution >= 4 is 11.8 Å². The molecule has 0 aliphatic carbocycles. The van der Waals surface area contributed by atoms with Gasteiger partial charge in [-0.3, -0.25) is 9.59 Å². The number of piperazine rings is 1. The second kappa shape index (κ2) is 8.99. The van der Waals surface area contributed by atoms with E-state index in [0.717, 1.165) is 38.6 Å². The van der Waals surface area contributed by atoms with Crippen LogP contribution in [0.3, 0.4) is 0 Å². The van der Waals surface area contributed by atoms with Crippen LogP contribution in [0.25, 0.3) is 0 Å². The lowest BCUT2D eigenvalue weighted by Crippen LogP contribution is -2.55. The van der Waals surface area contributed by atoms with Gasteiger partial charge in [0.1, 0.15) is 0 Å². The zero-order valence-electron chi connectivity index (χ0n) is 15.0. The summed E-state index contributed by atoms with van der Waals surface area (Å²) in [6.45, 7) is 3.62. The molecular formula is C20H29N3O2. The number of hydrogen-bond donors (Lipinski definition) is 1. The summed E-state index contributed by atoms with van der Waals surface area (Å²) < 4.78 is 0. The van der Waals surface area contributed by atoms with E-state index in [-0.39, 0.29) is 17.9 Å². The number of carbonyl (C=O) groups excluding carboxylic acids is 2. The maximum Gasteiger partial charge on any atom is 0.239 e. The van der Waals surface area contributed by atoms with Gasteiger partial charge in [-0.15, -0.1) is 0 Å². The van der Waals surface area contributed by atoms with Crippen molar-refractivity contribution in [3.63, 3.8) is 0 Å². The molecule has 1 N–H and O–H groups in total. The van der Waals surface area contributed by atoms with E-state index in [1.807, 2.05) is 28.0 Å². The van der Waals surface area contributed by atoms with Crippen LogP contribution in [0.4, 0.5) is 0 Å². The van der Waals surface area contributed by atoms with Gasteiger partial charge in [-0.05, 0) is 37.8 Å². The fourth-order valence-electron chi connectivity index (χ4n) is 3.71. The molecule has 0 aromatic heterocycles. The van der Waals surface area contributed by atoms with E-state index < -0.39 is 0 Å². The lowest BCUT2D eigenvalue weighted by Gasteiger charge is -2.37. The van der Waals surface area contributed by atoms with Crippen molar-refractivity contribution in [1.82, 2.24) is 15.1 Å². The van der Waals surface area contributed by atoms with Crippen molar-refractivity contribution in [3.8, 4) is 0 Å². The van der Waals surface area contributed by atoms with Crippen LogP contribution in [0.5, 0.6) is 0 Å². The van der Waals surface area contributed by atoms with E-state index in [2.05, 4.69) is 17.4 Å². The number of nitrogens with zero attached hydrogens (tertiary/aromatic N) is 2. The highest BCUT2D eigenvalue weighted by Gasteiger charge is 2.29. The predicted octanol–water partition coefficient (Wildman–Crippen LogP) is 1.82. The lowest BCUT2D eigenvalue weighted by molar-refractivity contribution is -0.141. The number of benzene rings is 1. The summed E-state index contributed by atoms with van der Waals surface area (Å²) in [6.07, 6.45) is 5.65. The number of piperidine rings is 1. The summed E-state index contributed by atoms with van der Waals surface area (Å²) in [4.78, 5) is 28.7. The van der Waals surface area contributed by atoms with Crippen LogP contribution < -0.4 is 5.32 Å². The number of hydrogen-bond acceptors (Lipinski definition) is 3. The number of carbonyl (C=O) groups is 2. The van der Waals surface area contributed by atoms with Gasteiger partial charge in [0.2, 0.25) is 11.8 Å². The SMILES string of the molecule is O=C(CCCc1ccccc1)N1CCN(C(=O)C2CCCCN2)CC1. The predicted molar refractivity (Wildman–Crippen MR) is 98.2 cm³/mol. The minimum Gasteiger partial charge on any atom is -0.339 e. The minimum absolute atomic E-state index is 0.0122. The van der Waals surface area contributed by atoms with Crippen molar-refractivity contribution in [2.45, 2.75) is 44.6 Å². The monoisotopic (exact) mass is 343 g/mol. The molecule has 2 heterocycles. The molecular weight excluding hydrogens is 314 g/mol. The Kier molecular flexibility index (Phi) is 6.45. The van der Waals surface area contributed by atoms with Gasteiger partial charge in [-0.1, -0.05) is 36.8 Å². The van der Waals surface area contributed by atoms with E-state index >= 15 is 0 Å². The minimum atomic E-state index is -0.0122. The van der Waals surface area contributed by atoms with Gasteiger partial charge in [-0.2, -0.15) is 0 Å². The third-order valence-electron chi connectivity index (χ3n) is 5.25. The molecule has 0 bridgehead atoms. The zero-order valence-corrected chi connectivity index (χ0v) is 15.0. The van der Waals surface area contributed by atoms with Crippen molar-refractivity contribution in [1.29, 1.82) is 0 Å². The van der Waals surface area contributed by atoms with Crippen molar-refractivity contribution in [2.24, 2.45) is 0 Å². The van der Waals surface area contributed by atoms with Gasteiger partial charge in [-0.25, -0.2) is 0 Å². The fraction of sp³-hybridized carbons (Fsp3) is 0.600. The first-order valence-corrected chi connectivity index (χ1v) is 9.58. The Labute approximate surface area is 150 Å². The molecule has 2 aliphatic heterocycles. The van der Waals surface area contributed by atoms with E-state index in [1.54, 1.807) is 0 Å². The van der Waals surface area contributed by atoms with Crippen LogP contribution in [0.2, 0.25) is 0 Å². The van der Waals surface area contributed by atoms with E-state index in [9.17, 15) is 9.59 Å². The Bertz CT molecular complexity index is 562. The first-order valence-electron chi connectivity index (χ1n) is 9.58. The van der Waals surface area contributed by atoms with Gasteiger partial charge in [0, 0.05) is 32.6 Å². The first-order chi connectivity index (χ1) is 12.2. The first kappa shape index (κ1) is 17.9. The Morgan fingerprint density at radius 2 is 1.72 bits per heavy atom. The highest BCUT2D eigenvalue weighted by molar-refractivity contribution is 5.82. The second-order valence-electron chi connectivity index (χ2n) is 7.05. The van der Waals surface area contributed by atoms with Gasteiger partial charge >= 0.3 is 0 Å². The molecule has 5 nitrogen and oxygen atoms in total. The summed E-state index contributed by atoms with van der Waals surface area (Å²) in [7, 11) is 0. The normalized spacial score (nSPS) is 21.2. The molecule has 1 aromatic carbocycles. The second-order valence-corrected chi connectivity index (χ2v) is 7.05. The Hall–Kier alpha value is -1.88. The molecule has 5 heteroatoms. The summed E-state index contributed by atoms with van der Waals surface area (Å²) in [5.41, 5.74) is 1.28. The molecule has 2 saturated heterocycles. The average molecular weight is 343 g/mol. The molecule has 0 radical (unpaired) electrons. The Morgan fingerprint density at radius 1 is 1.00 bits per heavy atom. The largest absolute Gasteiger partial charge is 0.339 e. The summed E-state index contributed by atoms with van der Waals surface area (Å²) in [6, 6.07) is 10.3. The Balaban J connectivity index is 1.37. The third kappa shape index (κ3) is 5.05. The summed E-state index contributed by atoms with van der Waals surface area (Å²) in [5, 5.41) is 3.32. The highest BCUT2D eigenvalue weighted by Crippen LogP contribution is 2.13. The fourth-order valence-corrected chi connectivity index (χ4v) is 3.71. The van der Waals surface area contributed by atoms with E-state index in [1.165, 1.54) is 5.56 Å². The molecule has 0 saturated carbocycles. The highest BCUT2D eigenvalue weighted by atomic mass is 16.2. The maximum absolute atomic E-state index is 12.5. The average Bonchev–Trinajstić information content (AvgIpc) is 2.69. The van der Waals surface area contributed by atoms with Gasteiger partial charge < -0.3 is 15.1 Å². The summed E-state index contributed by atoms with van der Waals surface area (Å²) in [5.74, 6) is 0.440. The van der Waals surface area contributed by atoms with Crippen LogP contribution in [-0.4, -0.2) is 60.4 Å². The molecule has 2 fully saturated rings. The smallest absolute Gasteiger partial charge is 0.239 e. The zero-order chi connectivity index (χ0) is 17.5.